The molecule has 5 heteroatoms. The topological polar surface area (TPSA) is 38.7 Å². The Kier molecular flexibility index (Phi) is 4.97. The van der Waals surface area contributed by atoms with E-state index in [9.17, 15) is 4.39 Å². The van der Waals surface area contributed by atoms with Crippen molar-refractivity contribution in [2.75, 3.05) is 0 Å². The minimum atomic E-state index is -0.379. The molecule has 0 aliphatic rings. The highest BCUT2D eigenvalue weighted by molar-refractivity contribution is 6.29. The molecule has 90 valence electrons. The second kappa shape index (κ2) is 6.25. The number of pyridine rings is 1. The third kappa shape index (κ3) is 3.75. The van der Waals surface area contributed by atoms with E-state index in [4.69, 9.17) is 11.6 Å². The molecule has 0 atom stereocenters. The van der Waals surface area contributed by atoms with E-state index in [-0.39, 0.29) is 5.82 Å². The Morgan fingerprint density at radius 1 is 1.12 bits per heavy atom. The molecular formula is C12H13ClFN3. The Labute approximate surface area is 105 Å². The van der Waals surface area contributed by atoms with Crippen molar-refractivity contribution in [1.29, 1.82) is 0 Å². The fourth-order valence-electron chi connectivity index (χ4n) is 1.19. The first kappa shape index (κ1) is 13.5. The lowest BCUT2D eigenvalue weighted by Gasteiger charge is -2.01. The quantitative estimate of drug-likeness (QED) is 0.728. The fraction of sp³-hybridized carbons (Fsp3) is 0.250. The van der Waals surface area contributed by atoms with Crippen molar-refractivity contribution >= 4 is 11.6 Å². The van der Waals surface area contributed by atoms with Gasteiger partial charge in [0.15, 0.2) is 0 Å². The maximum atomic E-state index is 12.6. The second-order valence-corrected chi connectivity index (χ2v) is 3.37. The Morgan fingerprint density at radius 3 is 2.35 bits per heavy atom. The van der Waals surface area contributed by atoms with Gasteiger partial charge in [0.05, 0.1) is 17.6 Å². The summed E-state index contributed by atoms with van der Waals surface area (Å²) in [5.74, 6) is 0.180. The SMILES string of the molecule is CC.Cc1nc(Cl)cc(-c2ccc(F)cn2)n1. The van der Waals surface area contributed by atoms with Gasteiger partial charge < -0.3 is 0 Å². The highest BCUT2D eigenvalue weighted by Gasteiger charge is 2.04. The Balaban J connectivity index is 0.000000686. The summed E-state index contributed by atoms with van der Waals surface area (Å²) >= 11 is 5.78. The maximum Gasteiger partial charge on any atom is 0.141 e. The summed E-state index contributed by atoms with van der Waals surface area (Å²) < 4.78 is 12.6. The maximum absolute atomic E-state index is 12.6. The van der Waals surface area contributed by atoms with Crippen molar-refractivity contribution < 1.29 is 4.39 Å². The molecule has 0 fully saturated rings. The average molecular weight is 254 g/mol. The van der Waals surface area contributed by atoms with E-state index in [1.165, 1.54) is 6.07 Å². The summed E-state index contributed by atoms with van der Waals surface area (Å²) in [5, 5.41) is 0.351. The van der Waals surface area contributed by atoms with E-state index in [2.05, 4.69) is 15.0 Å². The van der Waals surface area contributed by atoms with Crippen LogP contribution in [-0.4, -0.2) is 15.0 Å². The van der Waals surface area contributed by atoms with Crippen LogP contribution in [0, 0.1) is 12.7 Å². The predicted molar refractivity (Wildman–Crippen MR) is 66.3 cm³/mol. The van der Waals surface area contributed by atoms with Crippen LogP contribution in [0.1, 0.15) is 19.7 Å². The summed E-state index contributed by atoms with van der Waals surface area (Å²) in [6.07, 6.45) is 1.14. The molecule has 2 heterocycles. The van der Waals surface area contributed by atoms with Crippen molar-refractivity contribution in [3.05, 3.63) is 41.2 Å². The molecule has 17 heavy (non-hydrogen) atoms. The second-order valence-electron chi connectivity index (χ2n) is 2.98. The molecule has 3 nitrogen and oxygen atoms in total. The Hall–Kier alpha value is -1.55. The minimum absolute atomic E-state index is 0.351. The highest BCUT2D eigenvalue weighted by Crippen LogP contribution is 2.17. The van der Waals surface area contributed by atoms with Gasteiger partial charge in [-0.15, -0.1) is 0 Å². The van der Waals surface area contributed by atoms with Crippen LogP contribution in [0.15, 0.2) is 24.4 Å². The van der Waals surface area contributed by atoms with Crippen molar-refractivity contribution in [3.8, 4) is 11.4 Å². The molecule has 0 saturated carbocycles. The van der Waals surface area contributed by atoms with Gasteiger partial charge in [-0.25, -0.2) is 14.4 Å². The van der Waals surface area contributed by atoms with Gasteiger partial charge in [-0.2, -0.15) is 0 Å². The molecule has 2 rings (SSSR count). The van der Waals surface area contributed by atoms with Crippen LogP contribution in [0.4, 0.5) is 4.39 Å². The van der Waals surface area contributed by atoms with Gasteiger partial charge >= 0.3 is 0 Å². The molecule has 0 spiro atoms. The third-order valence-corrected chi connectivity index (χ3v) is 1.99. The van der Waals surface area contributed by atoms with E-state index in [0.717, 1.165) is 6.20 Å². The zero-order valence-corrected chi connectivity index (χ0v) is 10.7. The van der Waals surface area contributed by atoms with Gasteiger partial charge in [0, 0.05) is 6.07 Å². The van der Waals surface area contributed by atoms with Gasteiger partial charge in [-0.3, -0.25) is 4.98 Å². The van der Waals surface area contributed by atoms with Gasteiger partial charge in [-0.1, -0.05) is 25.4 Å². The van der Waals surface area contributed by atoms with Crippen LogP contribution in [0.3, 0.4) is 0 Å². The van der Waals surface area contributed by atoms with Crippen LogP contribution in [-0.2, 0) is 0 Å². The highest BCUT2D eigenvalue weighted by atomic mass is 35.5. The molecule has 0 aliphatic heterocycles. The van der Waals surface area contributed by atoms with Crippen LogP contribution in [0.2, 0.25) is 5.15 Å². The molecule has 0 unspecified atom stereocenters. The van der Waals surface area contributed by atoms with Crippen molar-refractivity contribution in [1.82, 2.24) is 15.0 Å². The number of hydrogen-bond donors (Lipinski definition) is 0. The molecule has 2 aromatic heterocycles. The smallest absolute Gasteiger partial charge is 0.141 e. The molecule has 0 aromatic carbocycles. The van der Waals surface area contributed by atoms with Crippen molar-refractivity contribution in [3.63, 3.8) is 0 Å². The number of hydrogen-bond acceptors (Lipinski definition) is 3. The molecule has 0 bridgehead atoms. The zero-order valence-electron chi connectivity index (χ0n) is 9.91. The van der Waals surface area contributed by atoms with E-state index in [0.29, 0.717) is 22.4 Å². The van der Waals surface area contributed by atoms with E-state index < -0.39 is 0 Å². The number of rotatable bonds is 1. The Morgan fingerprint density at radius 2 is 1.82 bits per heavy atom. The summed E-state index contributed by atoms with van der Waals surface area (Å²) in [4.78, 5) is 12.0. The summed E-state index contributed by atoms with van der Waals surface area (Å²) in [5.41, 5.74) is 1.16. The monoisotopic (exact) mass is 253 g/mol. The molecule has 0 saturated heterocycles. The minimum Gasteiger partial charge on any atom is -0.252 e. The van der Waals surface area contributed by atoms with E-state index in [1.54, 1.807) is 19.1 Å². The van der Waals surface area contributed by atoms with Crippen molar-refractivity contribution in [2.24, 2.45) is 0 Å². The fourth-order valence-corrected chi connectivity index (χ4v) is 1.42. The first-order valence-electron chi connectivity index (χ1n) is 5.28. The molecule has 0 aliphatic carbocycles. The molecule has 2 aromatic rings. The summed E-state index contributed by atoms with van der Waals surface area (Å²) in [6, 6.07) is 4.47. The predicted octanol–water partition coefficient (Wildman–Crippen LogP) is 3.67. The Bertz CT molecular complexity index is 465. The van der Waals surface area contributed by atoms with Crippen molar-refractivity contribution in [2.45, 2.75) is 20.8 Å². The van der Waals surface area contributed by atoms with E-state index >= 15 is 0 Å². The standard InChI is InChI=1S/C10H7ClFN3.C2H6/c1-6-14-9(4-10(11)15-6)8-3-2-7(12)5-13-8;1-2/h2-5H,1H3;1-2H3. The molecule has 0 N–H and O–H groups in total. The largest absolute Gasteiger partial charge is 0.252 e. The van der Waals surface area contributed by atoms with Gasteiger partial charge in [0.25, 0.3) is 0 Å². The molecule has 0 radical (unpaired) electrons. The first-order valence-corrected chi connectivity index (χ1v) is 5.66. The molecule has 0 amide bonds. The van der Waals surface area contributed by atoms with Gasteiger partial charge in [0.1, 0.15) is 16.8 Å². The zero-order chi connectivity index (χ0) is 12.8. The first-order chi connectivity index (χ1) is 8.15. The average Bonchev–Trinajstić information content (AvgIpc) is 2.31. The van der Waals surface area contributed by atoms with Crippen LogP contribution in [0.5, 0.6) is 0 Å². The lowest BCUT2D eigenvalue weighted by Crippen LogP contribution is -1.93. The van der Waals surface area contributed by atoms with Gasteiger partial charge in [-0.05, 0) is 19.1 Å². The number of halogens is 2. The lowest BCUT2D eigenvalue weighted by molar-refractivity contribution is 0.622. The van der Waals surface area contributed by atoms with Gasteiger partial charge in [0.2, 0.25) is 0 Å². The van der Waals surface area contributed by atoms with Crippen LogP contribution >= 0.6 is 11.6 Å². The summed E-state index contributed by atoms with van der Waals surface area (Å²) in [7, 11) is 0. The van der Waals surface area contributed by atoms with Crippen LogP contribution in [0.25, 0.3) is 11.4 Å². The lowest BCUT2D eigenvalue weighted by atomic mass is 10.2. The van der Waals surface area contributed by atoms with Crippen LogP contribution < -0.4 is 0 Å². The normalized spacial score (nSPS) is 9.47. The number of nitrogens with zero attached hydrogens (tertiary/aromatic N) is 3. The van der Waals surface area contributed by atoms with E-state index in [1.807, 2.05) is 13.8 Å². The summed E-state index contributed by atoms with van der Waals surface area (Å²) in [6.45, 7) is 5.74. The number of aromatic nitrogens is 3. The number of aryl methyl sites for hydroxylation is 1. The third-order valence-electron chi connectivity index (χ3n) is 1.80. The molecular weight excluding hydrogens is 241 g/mol.